The number of hydrogen-bond donors (Lipinski definition) is 0. The molecule has 1 heterocycles. The largest absolute Gasteiger partial charge is 0.485 e. The van der Waals surface area contributed by atoms with Gasteiger partial charge in [-0.2, -0.15) is 0 Å². The fourth-order valence-electron chi connectivity index (χ4n) is 2.59. The minimum atomic E-state index is -3.30. The second-order valence-corrected chi connectivity index (χ2v) is 7.50. The molecule has 0 radical (unpaired) electrons. The van der Waals surface area contributed by atoms with Gasteiger partial charge in [0.1, 0.15) is 5.75 Å². The number of carbonyl (C=O) groups is 1. The number of hydrogen-bond acceptors (Lipinski definition) is 4. The van der Waals surface area contributed by atoms with E-state index in [0.717, 1.165) is 24.2 Å². The summed E-state index contributed by atoms with van der Waals surface area (Å²) in [6.45, 7) is 6.59. The average Bonchev–Trinajstić information content (AvgIpc) is 2.78. The molecule has 0 unspecified atom stereocenters. The van der Waals surface area contributed by atoms with Gasteiger partial charge in [0.25, 0.3) is 0 Å². The van der Waals surface area contributed by atoms with E-state index in [4.69, 9.17) is 4.74 Å². The van der Waals surface area contributed by atoms with E-state index >= 15 is 0 Å². The Balaban J connectivity index is 2.14. The molecular weight excluding hydrogens is 314 g/mol. The Labute approximate surface area is 136 Å². The second-order valence-electron chi connectivity index (χ2n) is 5.49. The van der Waals surface area contributed by atoms with Crippen molar-refractivity contribution in [1.29, 1.82) is 0 Å². The summed E-state index contributed by atoms with van der Waals surface area (Å²) in [6.07, 6.45) is 1.14. The lowest BCUT2D eigenvalue weighted by molar-refractivity contribution is 0.0920. The molecule has 1 aromatic carbocycles. The first-order valence-electron chi connectivity index (χ1n) is 7.37. The summed E-state index contributed by atoms with van der Waals surface area (Å²) in [6, 6.07) is 8.02. The van der Waals surface area contributed by atoms with Crippen molar-refractivity contribution in [3.8, 4) is 5.75 Å². The summed E-state index contributed by atoms with van der Waals surface area (Å²) in [5, 5.41) is 0. The van der Waals surface area contributed by atoms with Crippen molar-refractivity contribution >= 4 is 15.6 Å². The normalized spacial score (nSPS) is 11.5. The Morgan fingerprint density at radius 1 is 1.22 bits per heavy atom. The van der Waals surface area contributed by atoms with E-state index in [1.807, 2.05) is 26.8 Å². The molecule has 6 heteroatoms. The van der Waals surface area contributed by atoms with Crippen molar-refractivity contribution in [1.82, 2.24) is 4.57 Å². The van der Waals surface area contributed by atoms with Gasteiger partial charge in [-0.3, -0.25) is 4.79 Å². The quantitative estimate of drug-likeness (QED) is 0.762. The molecule has 0 saturated carbocycles. The molecule has 0 saturated heterocycles. The lowest BCUT2D eigenvalue weighted by Crippen LogP contribution is -2.13. The average molecular weight is 335 g/mol. The Bertz CT molecular complexity index is 834. The predicted octanol–water partition coefficient (Wildman–Crippen LogP) is 2.79. The zero-order valence-corrected chi connectivity index (χ0v) is 14.6. The first kappa shape index (κ1) is 17.3. The molecule has 0 N–H and O–H groups in total. The molecule has 124 valence electrons. The van der Waals surface area contributed by atoms with Gasteiger partial charge in [0.2, 0.25) is 5.78 Å². The molecule has 5 nitrogen and oxygen atoms in total. The third-order valence-electron chi connectivity index (χ3n) is 3.79. The number of sulfone groups is 1. The number of aryl methyl sites for hydroxylation is 1. The molecule has 0 spiro atoms. The number of benzene rings is 1. The first-order valence-corrected chi connectivity index (χ1v) is 9.26. The minimum absolute atomic E-state index is 0.123. The highest BCUT2D eigenvalue weighted by molar-refractivity contribution is 7.90. The third kappa shape index (κ3) is 3.82. The standard InChI is InChI=1S/C17H21NO4S/c1-5-18-12(2)9-16(13(18)3)17(19)11-22-14-7-6-8-15(10-14)23(4,20)21/h6-10H,5,11H2,1-4H3. The molecule has 0 amide bonds. The van der Waals surface area contributed by atoms with Crippen LogP contribution in [0.15, 0.2) is 35.2 Å². The number of carbonyl (C=O) groups excluding carboxylic acids is 1. The molecule has 0 bridgehead atoms. The van der Waals surface area contributed by atoms with Gasteiger partial charge >= 0.3 is 0 Å². The Morgan fingerprint density at radius 2 is 1.91 bits per heavy atom. The van der Waals surface area contributed by atoms with Crippen LogP contribution in [0.4, 0.5) is 0 Å². The monoisotopic (exact) mass is 335 g/mol. The summed E-state index contributed by atoms with van der Waals surface area (Å²) in [5.41, 5.74) is 2.60. The fraction of sp³-hybridized carbons (Fsp3) is 0.353. The summed E-state index contributed by atoms with van der Waals surface area (Å²) in [5.74, 6) is 0.244. The number of ether oxygens (including phenoxy) is 1. The minimum Gasteiger partial charge on any atom is -0.485 e. The Morgan fingerprint density at radius 3 is 2.48 bits per heavy atom. The van der Waals surface area contributed by atoms with Gasteiger partial charge in [-0.1, -0.05) is 6.07 Å². The van der Waals surface area contributed by atoms with E-state index in [-0.39, 0.29) is 17.3 Å². The lowest BCUT2D eigenvalue weighted by atomic mass is 10.1. The molecule has 1 aromatic heterocycles. The number of ketones is 1. The Kier molecular flexibility index (Phi) is 4.94. The van der Waals surface area contributed by atoms with Crippen LogP contribution in [-0.4, -0.2) is 31.6 Å². The summed E-state index contributed by atoms with van der Waals surface area (Å²) >= 11 is 0. The van der Waals surface area contributed by atoms with Crippen molar-refractivity contribution in [2.75, 3.05) is 12.9 Å². The SMILES string of the molecule is CCn1c(C)cc(C(=O)COc2cccc(S(C)(=O)=O)c2)c1C. The zero-order chi connectivity index (χ0) is 17.2. The van der Waals surface area contributed by atoms with Gasteiger partial charge in [-0.15, -0.1) is 0 Å². The molecule has 2 aromatic rings. The van der Waals surface area contributed by atoms with Gasteiger partial charge in [0.05, 0.1) is 4.90 Å². The fourth-order valence-corrected chi connectivity index (χ4v) is 3.25. The number of aromatic nitrogens is 1. The van der Waals surface area contributed by atoms with Crippen molar-refractivity contribution in [3.63, 3.8) is 0 Å². The zero-order valence-electron chi connectivity index (χ0n) is 13.8. The van der Waals surface area contributed by atoms with Crippen molar-refractivity contribution in [3.05, 3.63) is 47.3 Å². The second kappa shape index (κ2) is 6.58. The van der Waals surface area contributed by atoms with Crippen LogP contribution >= 0.6 is 0 Å². The van der Waals surface area contributed by atoms with Crippen LogP contribution in [-0.2, 0) is 16.4 Å². The molecular formula is C17H21NO4S. The summed E-state index contributed by atoms with van der Waals surface area (Å²) in [7, 11) is -3.30. The highest BCUT2D eigenvalue weighted by Gasteiger charge is 2.16. The van der Waals surface area contributed by atoms with Gasteiger partial charge < -0.3 is 9.30 Å². The lowest BCUT2D eigenvalue weighted by Gasteiger charge is -2.08. The van der Waals surface area contributed by atoms with Crippen LogP contribution in [0.2, 0.25) is 0 Å². The van der Waals surface area contributed by atoms with Crippen LogP contribution < -0.4 is 4.74 Å². The molecule has 23 heavy (non-hydrogen) atoms. The molecule has 0 atom stereocenters. The van der Waals surface area contributed by atoms with Crippen LogP contribution in [0, 0.1) is 13.8 Å². The van der Waals surface area contributed by atoms with Crippen LogP contribution in [0.1, 0.15) is 28.7 Å². The predicted molar refractivity (Wildman–Crippen MR) is 89.0 cm³/mol. The summed E-state index contributed by atoms with van der Waals surface area (Å²) in [4.78, 5) is 12.5. The van der Waals surface area contributed by atoms with Crippen molar-refractivity contribution < 1.29 is 17.9 Å². The topological polar surface area (TPSA) is 65.4 Å². The first-order chi connectivity index (χ1) is 10.7. The van der Waals surface area contributed by atoms with Gasteiger partial charge in [-0.05, 0) is 45.0 Å². The van der Waals surface area contributed by atoms with Gasteiger partial charge in [0, 0.05) is 29.8 Å². The molecule has 2 rings (SSSR count). The van der Waals surface area contributed by atoms with Crippen LogP contribution in [0.3, 0.4) is 0 Å². The number of rotatable bonds is 6. The highest BCUT2D eigenvalue weighted by atomic mass is 32.2. The Hall–Kier alpha value is -2.08. The maximum Gasteiger partial charge on any atom is 0.202 e. The summed E-state index contributed by atoms with van der Waals surface area (Å²) < 4.78 is 30.6. The van der Waals surface area contributed by atoms with Crippen molar-refractivity contribution in [2.45, 2.75) is 32.2 Å². The van der Waals surface area contributed by atoms with E-state index in [1.165, 1.54) is 12.1 Å². The molecule has 0 aliphatic carbocycles. The molecule has 0 aliphatic rings. The number of Topliss-reactive ketones (excluding diaryl/α,β-unsaturated/α-hetero) is 1. The van der Waals surface area contributed by atoms with Gasteiger partial charge in [-0.25, -0.2) is 8.42 Å². The van der Waals surface area contributed by atoms with E-state index in [1.54, 1.807) is 12.1 Å². The maximum atomic E-state index is 12.3. The van der Waals surface area contributed by atoms with E-state index in [9.17, 15) is 13.2 Å². The van der Waals surface area contributed by atoms with E-state index < -0.39 is 9.84 Å². The smallest absolute Gasteiger partial charge is 0.202 e. The maximum absolute atomic E-state index is 12.3. The van der Waals surface area contributed by atoms with Crippen molar-refractivity contribution in [2.24, 2.45) is 0 Å². The van der Waals surface area contributed by atoms with Crippen LogP contribution in [0.25, 0.3) is 0 Å². The van der Waals surface area contributed by atoms with Crippen LogP contribution in [0.5, 0.6) is 5.75 Å². The van der Waals surface area contributed by atoms with E-state index in [2.05, 4.69) is 4.57 Å². The third-order valence-corrected chi connectivity index (χ3v) is 4.90. The van der Waals surface area contributed by atoms with E-state index in [0.29, 0.717) is 11.3 Å². The molecule has 0 fully saturated rings. The van der Waals surface area contributed by atoms with Gasteiger partial charge in [0.15, 0.2) is 16.4 Å². The highest BCUT2D eigenvalue weighted by Crippen LogP contribution is 2.19. The molecule has 0 aliphatic heterocycles. The number of nitrogens with zero attached hydrogens (tertiary/aromatic N) is 1.